The molecule has 0 aromatic heterocycles. The van der Waals surface area contributed by atoms with Crippen LogP contribution in [0.25, 0.3) is 0 Å². The molecule has 0 N–H and O–H groups in total. The van der Waals surface area contributed by atoms with Gasteiger partial charge in [0, 0.05) is 41.7 Å². The van der Waals surface area contributed by atoms with Gasteiger partial charge in [0.15, 0.2) is 0 Å². The first kappa shape index (κ1) is 23.2. The molecular weight excluding hydrogens is 332 g/mol. The monoisotopic (exact) mass is 368 g/mol. The molecule has 0 aliphatic heterocycles. The molecule has 0 spiro atoms. The molecule has 0 aromatic carbocycles. The van der Waals surface area contributed by atoms with E-state index in [-0.39, 0.29) is 6.10 Å². The highest BCUT2D eigenvalue weighted by Gasteiger charge is 2.28. The third-order valence-electron chi connectivity index (χ3n) is 4.18. The van der Waals surface area contributed by atoms with E-state index in [2.05, 4.69) is 13.1 Å². The predicted molar refractivity (Wildman–Crippen MR) is 96.4 cm³/mol. The normalized spacial score (nSPS) is 14.2. The molecule has 8 heteroatoms. The maximum atomic E-state index is 5.76. The molecule has 0 aliphatic carbocycles. The second-order valence-electron chi connectivity index (χ2n) is 6.05. The summed E-state index contributed by atoms with van der Waals surface area (Å²) in [6, 6.07) is 1.87. The minimum absolute atomic E-state index is 0.0986. The van der Waals surface area contributed by atoms with E-state index in [1.807, 2.05) is 6.92 Å². The fraction of sp³-hybridized carbons (Fsp3) is 1.00. The van der Waals surface area contributed by atoms with E-state index >= 15 is 0 Å². The Morgan fingerprint density at radius 3 is 1.61 bits per heavy atom. The standard InChI is InChI=1S/C15H36O6Si2/c1-15(21-11-9-13-23(7,18-4)19-5)14-20-10-8-12-22(6,16-2)17-3/h15H,8-14H2,1-7H3/t15-/m0/s1. The van der Waals surface area contributed by atoms with Gasteiger partial charge in [0.25, 0.3) is 0 Å². The van der Waals surface area contributed by atoms with Gasteiger partial charge < -0.3 is 27.2 Å². The summed E-state index contributed by atoms with van der Waals surface area (Å²) in [5.74, 6) is 0. The summed E-state index contributed by atoms with van der Waals surface area (Å²) in [7, 11) is 2.95. The fourth-order valence-corrected chi connectivity index (χ4v) is 4.77. The van der Waals surface area contributed by atoms with Crippen molar-refractivity contribution in [1.29, 1.82) is 0 Å². The van der Waals surface area contributed by atoms with Gasteiger partial charge in [-0.15, -0.1) is 0 Å². The Hall–Kier alpha value is 0.194. The van der Waals surface area contributed by atoms with Crippen LogP contribution in [0.5, 0.6) is 0 Å². The molecule has 6 nitrogen and oxygen atoms in total. The Bertz CT molecular complexity index is 285. The minimum Gasteiger partial charge on any atom is -0.398 e. The second kappa shape index (κ2) is 12.5. The molecule has 0 radical (unpaired) electrons. The number of ether oxygens (including phenoxy) is 2. The van der Waals surface area contributed by atoms with Gasteiger partial charge in [0.1, 0.15) is 0 Å². The summed E-state index contributed by atoms with van der Waals surface area (Å²) in [5, 5.41) is 0. The molecule has 0 saturated heterocycles. The van der Waals surface area contributed by atoms with E-state index in [4.69, 9.17) is 27.2 Å². The van der Waals surface area contributed by atoms with Crippen molar-refractivity contribution < 1.29 is 27.2 Å². The molecule has 140 valence electrons. The maximum absolute atomic E-state index is 5.76. The Morgan fingerprint density at radius 1 is 0.739 bits per heavy atom. The zero-order valence-electron chi connectivity index (χ0n) is 16.0. The lowest BCUT2D eigenvalue weighted by Gasteiger charge is -2.23. The zero-order chi connectivity index (χ0) is 17.8. The van der Waals surface area contributed by atoms with Gasteiger partial charge in [-0.25, -0.2) is 0 Å². The summed E-state index contributed by atoms with van der Waals surface area (Å²) in [6.07, 6.45) is 1.99. The zero-order valence-corrected chi connectivity index (χ0v) is 18.0. The first-order chi connectivity index (χ1) is 10.8. The van der Waals surface area contributed by atoms with E-state index in [9.17, 15) is 0 Å². The van der Waals surface area contributed by atoms with E-state index in [1.54, 1.807) is 28.4 Å². The summed E-state index contributed by atoms with van der Waals surface area (Å²) in [6.45, 7) is 8.19. The molecular formula is C15H36O6Si2. The molecule has 0 aromatic rings. The van der Waals surface area contributed by atoms with Crippen LogP contribution in [0, 0.1) is 0 Å². The highest BCUT2D eigenvalue weighted by atomic mass is 28.4. The Balaban J connectivity index is 3.63. The molecule has 1 atom stereocenters. The van der Waals surface area contributed by atoms with Crippen molar-refractivity contribution in [2.75, 3.05) is 48.3 Å². The van der Waals surface area contributed by atoms with Crippen LogP contribution in [-0.2, 0) is 27.2 Å². The molecule has 0 heterocycles. The van der Waals surface area contributed by atoms with Crippen molar-refractivity contribution in [2.24, 2.45) is 0 Å². The van der Waals surface area contributed by atoms with Crippen LogP contribution < -0.4 is 0 Å². The highest BCUT2D eigenvalue weighted by molar-refractivity contribution is 6.66. The Kier molecular flexibility index (Phi) is 12.6. The van der Waals surface area contributed by atoms with Crippen LogP contribution in [0.15, 0.2) is 0 Å². The number of hydrogen-bond donors (Lipinski definition) is 0. The van der Waals surface area contributed by atoms with E-state index in [0.717, 1.165) is 24.9 Å². The van der Waals surface area contributed by atoms with Crippen molar-refractivity contribution in [2.45, 2.75) is 51.1 Å². The highest BCUT2D eigenvalue weighted by Crippen LogP contribution is 2.15. The van der Waals surface area contributed by atoms with Crippen LogP contribution in [0.2, 0.25) is 25.2 Å². The van der Waals surface area contributed by atoms with E-state index < -0.39 is 17.1 Å². The minimum atomic E-state index is -1.96. The fourth-order valence-electron chi connectivity index (χ4n) is 2.05. The third-order valence-corrected chi connectivity index (χ3v) is 10.2. The van der Waals surface area contributed by atoms with Gasteiger partial charge in [-0.3, -0.25) is 0 Å². The average Bonchev–Trinajstić information content (AvgIpc) is 2.57. The molecule has 0 saturated carbocycles. The van der Waals surface area contributed by atoms with Crippen molar-refractivity contribution >= 4 is 17.1 Å². The Morgan fingerprint density at radius 2 is 1.17 bits per heavy atom. The van der Waals surface area contributed by atoms with Gasteiger partial charge in [-0.2, -0.15) is 0 Å². The van der Waals surface area contributed by atoms with Crippen molar-refractivity contribution in [3.63, 3.8) is 0 Å². The van der Waals surface area contributed by atoms with Gasteiger partial charge in [0.05, 0.1) is 12.7 Å². The molecule has 0 unspecified atom stereocenters. The SMILES string of the molecule is CO[Si](C)(CCCOC[C@H](C)OCCC[Si](C)(OC)OC)OC. The first-order valence-electron chi connectivity index (χ1n) is 8.24. The maximum Gasteiger partial charge on any atom is 0.334 e. The quantitative estimate of drug-likeness (QED) is 0.327. The average molecular weight is 369 g/mol. The van der Waals surface area contributed by atoms with Gasteiger partial charge >= 0.3 is 17.1 Å². The lowest BCUT2D eigenvalue weighted by atomic mass is 10.4. The van der Waals surface area contributed by atoms with Crippen LogP contribution in [0.1, 0.15) is 19.8 Å². The van der Waals surface area contributed by atoms with Crippen molar-refractivity contribution in [1.82, 2.24) is 0 Å². The van der Waals surface area contributed by atoms with Crippen LogP contribution in [0.4, 0.5) is 0 Å². The van der Waals surface area contributed by atoms with Crippen LogP contribution >= 0.6 is 0 Å². The summed E-state index contributed by atoms with van der Waals surface area (Å²) in [4.78, 5) is 0. The summed E-state index contributed by atoms with van der Waals surface area (Å²) in [5.41, 5.74) is 0. The number of hydrogen-bond acceptors (Lipinski definition) is 6. The lowest BCUT2D eigenvalue weighted by Crippen LogP contribution is -2.36. The topological polar surface area (TPSA) is 55.4 Å². The molecule has 0 amide bonds. The summed E-state index contributed by atoms with van der Waals surface area (Å²) < 4.78 is 33.2. The molecule has 0 bridgehead atoms. The third kappa shape index (κ3) is 10.6. The smallest absolute Gasteiger partial charge is 0.334 e. The number of rotatable bonds is 15. The van der Waals surface area contributed by atoms with E-state index in [1.165, 1.54) is 0 Å². The van der Waals surface area contributed by atoms with Crippen molar-refractivity contribution in [3.8, 4) is 0 Å². The lowest BCUT2D eigenvalue weighted by molar-refractivity contribution is -0.00693. The first-order valence-corrected chi connectivity index (χ1v) is 13.3. The molecule has 0 aliphatic rings. The van der Waals surface area contributed by atoms with Crippen LogP contribution in [-0.4, -0.2) is 71.5 Å². The summed E-state index contributed by atoms with van der Waals surface area (Å²) >= 11 is 0. The molecule has 23 heavy (non-hydrogen) atoms. The van der Waals surface area contributed by atoms with Gasteiger partial charge in [-0.05, 0) is 44.9 Å². The largest absolute Gasteiger partial charge is 0.398 e. The Labute approximate surface area is 144 Å². The van der Waals surface area contributed by atoms with E-state index in [0.29, 0.717) is 19.8 Å². The van der Waals surface area contributed by atoms with Gasteiger partial charge in [0.2, 0.25) is 0 Å². The predicted octanol–water partition coefficient (Wildman–Crippen LogP) is 2.92. The van der Waals surface area contributed by atoms with Crippen LogP contribution in [0.3, 0.4) is 0 Å². The molecule has 0 fully saturated rings. The van der Waals surface area contributed by atoms with Gasteiger partial charge in [-0.1, -0.05) is 0 Å². The van der Waals surface area contributed by atoms with Crippen molar-refractivity contribution in [3.05, 3.63) is 0 Å². The molecule has 0 rings (SSSR count). The second-order valence-corrected chi connectivity index (χ2v) is 13.2.